The molecule has 0 amide bonds. The molecule has 1 aromatic carbocycles. The van der Waals surface area contributed by atoms with Crippen LogP contribution in [0.5, 0.6) is 0 Å². The highest BCUT2D eigenvalue weighted by Crippen LogP contribution is 2.33. The monoisotopic (exact) mass is 366 g/mol. The third kappa shape index (κ3) is 4.81. The summed E-state index contributed by atoms with van der Waals surface area (Å²) in [6, 6.07) is 13.2. The molecule has 1 atom stereocenters. The van der Waals surface area contributed by atoms with Gasteiger partial charge in [0.25, 0.3) is 0 Å². The number of aliphatic hydroxyl groups is 1. The van der Waals surface area contributed by atoms with Gasteiger partial charge in [0, 0.05) is 12.6 Å². The van der Waals surface area contributed by atoms with E-state index in [1.807, 2.05) is 37.3 Å². The highest BCUT2D eigenvalue weighted by Gasteiger charge is 2.33. The van der Waals surface area contributed by atoms with Crippen LogP contribution in [0.4, 0.5) is 0 Å². The van der Waals surface area contributed by atoms with E-state index < -0.39 is 11.6 Å². The van der Waals surface area contributed by atoms with Gasteiger partial charge in [-0.05, 0) is 63.0 Å². The average molecular weight is 366 g/mol. The van der Waals surface area contributed by atoms with Gasteiger partial charge in [-0.1, -0.05) is 35.9 Å². The number of carbonyl (C=O) groups is 1. The molecule has 5 nitrogen and oxygen atoms in total. The van der Waals surface area contributed by atoms with E-state index in [2.05, 4.69) is 9.88 Å². The molecule has 1 fully saturated rings. The van der Waals surface area contributed by atoms with Crippen molar-refractivity contribution in [1.82, 2.24) is 9.88 Å². The van der Waals surface area contributed by atoms with Crippen LogP contribution in [0.1, 0.15) is 41.8 Å². The molecule has 1 aromatic heterocycles. The number of aliphatic carboxylic acids is 1. The number of likely N-dealkylation sites (tertiary alicyclic amines) is 1. The van der Waals surface area contributed by atoms with Crippen molar-refractivity contribution in [1.29, 1.82) is 0 Å². The summed E-state index contributed by atoms with van der Waals surface area (Å²) in [5, 5.41) is 20.5. The molecule has 0 bridgehead atoms. The summed E-state index contributed by atoms with van der Waals surface area (Å²) in [6.07, 6.45) is 5.45. The Kier molecular flexibility index (Phi) is 6.04. The number of pyridine rings is 1. The van der Waals surface area contributed by atoms with Crippen LogP contribution >= 0.6 is 0 Å². The normalized spacial score (nSPS) is 17.3. The third-order valence-corrected chi connectivity index (χ3v) is 5.11. The largest absolute Gasteiger partial charge is 0.478 e. The van der Waals surface area contributed by atoms with E-state index in [1.165, 1.54) is 18.9 Å². The Bertz CT molecular complexity index is 811. The summed E-state index contributed by atoms with van der Waals surface area (Å²) in [5.41, 5.74) is 1.77. The smallest absolute Gasteiger partial charge is 0.328 e. The van der Waals surface area contributed by atoms with Gasteiger partial charge in [0.05, 0.1) is 11.4 Å². The highest BCUT2D eigenvalue weighted by molar-refractivity contribution is 5.84. The van der Waals surface area contributed by atoms with Crippen molar-refractivity contribution in [3.05, 3.63) is 71.1 Å². The van der Waals surface area contributed by atoms with Gasteiger partial charge in [0.2, 0.25) is 0 Å². The lowest BCUT2D eigenvalue weighted by atomic mass is 9.86. The summed E-state index contributed by atoms with van der Waals surface area (Å²) in [5.74, 6) is -1.02. The zero-order chi connectivity index (χ0) is 19.3. The fourth-order valence-corrected chi connectivity index (χ4v) is 3.51. The number of aromatic nitrogens is 1. The van der Waals surface area contributed by atoms with Crippen LogP contribution in [-0.2, 0) is 10.4 Å². The van der Waals surface area contributed by atoms with E-state index in [4.69, 9.17) is 5.11 Å². The second kappa shape index (κ2) is 8.46. The van der Waals surface area contributed by atoms with Gasteiger partial charge < -0.3 is 15.1 Å². The summed E-state index contributed by atoms with van der Waals surface area (Å²) in [7, 11) is 0. The molecule has 0 radical (unpaired) electrons. The van der Waals surface area contributed by atoms with Gasteiger partial charge >= 0.3 is 5.97 Å². The summed E-state index contributed by atoms with van der Waals surface area (Å²) in [4.78, 5) is 17.7. The molecule has 2 aromatic rings. The molecule has 142 valence electrons. The maximum Gasteiger partial charge on any atom is 0.328 e. The Hall–Kier alpha value is -2.50. The van der Waals surface area contributed by atoms with Gasteiger partial charge in [-0.2, -0.15) is 0 Å². The molecular weight excluding hydrogens is 340 g/mol. The Balaban J connectivity index is 1.94. The lowest BCUT2D eigenvalue weighted by molar-refractivity contribution is -0.131. The van der Waals surface area contributed by atoms with Crippen LogP contribution in [0.25, 0.3) is 6.08 Å². The van der Waals surface area contributed by atoms with E-state index in [1.54, 1.807) is 12.1 Å². The number of hydrogen-bond donors (Lipinski definition) is 2. The molecule has 0 saturated carbocycles. The van der Waals surface area contributed by atoms with E-state index in [0.717, 1.165) is 36.8 Å². The highest BCUT2D eigenvalue weighted by atomic mass is 16.4. The van der Waals surface area contributed by atoms with Crippen LogP contribution in [0.2, 0.25) is 0 Å². The van der Waals surface area contributed by atoms with E-state index in [0.29, 0.717) is 17.8 Å². The molecule has 0 spiro atoms. The lowest BCUT2D eigenvalue weighted by Gasteiger charge is -2.30. The molecule has 0 aliphatic carbocycles. The summed E-state index contributed by atoms with van der Waals surface area (Å²) < 4.78 is 0. The Morgan fingerprint density at radius 2 is 1.89 bits per heavy atom. The molecule has 1 aliphatic heterocycles. The van der Waals surface area contributed by atoms with Crippen LogP contribution in [0.15, 0.2) is 48.5 Å². The van der Waals surface area contributed by atoms with Crippen molar-refractivity contribution in [2.45, 2.75) is 31.8 Å². The zero-order valence-corrected chi connectivity index (χ0v) is 15.6. The molecule has 1 aliphatic rings. The topological polar surface area (TPSA) is 73.7 Å². The molecule has 27 heavy (non-hydrogen) atoms. The van der Waals surface area contributed by atoms with E-state index >= 15 is 0 Å². The summed E-state index contributed by atoms with van der Waals surface area (Å²) in [6.45, 7) is 4.95. The van der Waals surface area contributed by atoms with Gasteiger partial charge in [0.15, 0.2) is 0 Å². The van der Waals surface area contributed by atoms with Crippen LogP contribution in [0.3, 0.4) is 0 Å². The van der Waals surface area contributed by atoms with Crippen molar-refractivity contribution >= 4 is 12.0 Å². The zero-order valence-electron chi connectivity index (χ0n) is 15.6. The van der Waals surface area contributed by atoms with Gasteiger partial charge in [0.1, 0.15) is 5.60 Å². The molecule has 2 N–H and O–H groups in total. The number of carboxylic acids is 1. The third-order valence-electron chi connectivity index (χ3n) is 5.11. The second-order valence-electron chi connectivity index (χ2n) is 7.14. The Morgan fingerprint density at radius 3 is 2.56 bits per heavy atom. The van der Waals surface area contributed by atoms with Crippen molar-refractivity contribution in [2.75, 3.05) is 19.6 Å². The molecule has 3 rings (SSSR count). The van der Waals surface area contributed by atoms with Crippen LogP contribution in [0, 0.1) is 6.92 Å². The first-order valence-electron chi connectivity index (χ1n) is 9.38. The number of carboxylic acid groups (broad SMARTS) is 1. The first-order valence-corrected chi connectivity index (χ1v) is 9.38. The number of hydrogen-bond acceptors (Lipinski definition) is 4. The molecule has 1 saturated heterocycles. The standard InChI is InChI=1S/C22H26N2O3/c1-17-7-9-18(10-8-17)22(27,13-16-24-14-2-3-15-24)20-6-4-5-19(23-20)11-12-21(25)26/h4-12,27H,2-3,13-16H2,1H3,(H,25,26)/b12-11+. The number of nitrogens with zero attached hydrogens (tertiary/aromatic N) is 2. The van der Waals surface area contributed by atoms with Crippen molar-refractivity contribution in [3.63, 3.8) is 0 Å². The average Bonchev–Trinajstić information content (AvgIpc) is 3.19. The van der Waals surface area contributed by atoms with E-state index in [-0.39, 0.29) is 0 Å². The Labute approximate surface area is 160 Å². The number of aryl methyl sites for hydroxylation is 1. The fourth-order valence-electron chi connectivity index (χ4n) is 3.51. The predicted molar refractivity (Wildman–Crippen MR) is 105 cm³/mol. The van der Waals surface area contributed by atoms with Crippen molar-refractivity contribution in [2.24, 2.45) is 0 Å². The minimum Gasteiger partial charge on any atom is -0.478 e. The lowest BCUT2D eigenvalue weighted by Crippen LogP contribution is -2.34. The minimum absolute atomic E-state index is 0.515. The number of rotatable bonds is 7. The minimum atomic E-state index is -1.22. The van der Waals surface area contributed by atoms with Gasteiger partial charge in [-0.25, -0.2) is 4.79 Å². The second-order valence-corrected chi connectivity index (χ2v) is 7.14. The quantitative estimate of drug-likeness (QED) is 0.736. The maximum absolute atomic E-state index is 11.7. The van der Waals surface area contributed by atoms with Crippen LogP contribution < -0.4 is 0 Å². The summed E-state index contributed by atoms with van der Waals surface area (Å²) >= 11 is 0. The maximum atomic E-state index is 11.7. The molecule has 2 heterocycles. The predicted octanol–water partition coefficient (Wildman–Crippen LogP) is 3.21. The molecular formula is C22H26N2O3. The fraction of sp³-hybridized carbons (Fsp3) is 0.364. The molecule has 5 heteroatoms. The molecule has 1 unspecified atom stereocenters. The first kappa shape index (κ1) is 19.3. The van der Waals surface area contributed by atoms with Gasteiger partial charge in [-0.3, -0.25) is 4.98 Å². The first-order chi connectivity index (χ1) is 13.0. The van der Waals surface area contributed by atoms with Crippen molar-refractivity contribution < 1.29 is 15.0 Å². The number of benzene rings is 1. The van der Waals surface area contributed by atoms with Crippen molar-refractivity contribution in [3.8, 4) is 0 Å². The van der Waals surface area contributed by atoms with Crippen LogP contribution in [-0.4, -0.2) is 45.7 Å². The SMILES string of the molecule is Cc1ccc(C(O)(CCN2CCCC2)c2cccc(/C=C/C(=O)O)n2)cc1. The van der Waals surface area contributed by atoms with E-state index in [9.17, 15) is 9.90 Å². The Morgan fingerprint density at radius 1 is 1.19 bits per heavy atom. The van der Waals surface area contributed by atoms with Gasteiger partial charge in [-0.15, -0.1) is 0 Å².